The highest BCUT2D eigenvalue weighted by atomic mass is 15.3. The zero-order chi connectivity index (χ0) is 8.48. The molecule has 4 heteroatoms. The van der Waals surface area contributed by atoms with Crippen LogP contribution in [0.25, 0.3) is 0 Å². The SMILES string of the molecule is CC1(C)NCCN(C=N)C1=N. The molecule has 0 atom stereocenters. The van der Waals surface area contributed by atoms with Gasteiger partial charge in [0.15, 0.2) is 0 Å². The van der Waals surface area contributed by atoms with Crippen LogP contribution in [0.15, 0.2) is 0 Å². The molecule has 0 saturated carbocycles. The van der Waals surface area contributed by atoms with E-state index in [-0.39, 0.29) is 5.54 Å². The van der Waals surface area contributed by atoms with Gasteiger partial charge in [-0.05, 0) is 13.8 Å². The van der Waals surface area contributed by atoms with Crippen molar-refractivity contribution < 1.29 is 0 Å². The van der Waals surface area contributed by atoms with Gasteiger partial charge in [0.25, 0.3) is 0 Å². The molecule has 0 bridgehead atoms. The predicted molar refractivity (Wildman–Crippen MR) is 45.3 cm³/mol. The minimum atomic E-state index is -0.282. The van der Waals surface area contributed by atoms with E-state index < -0.39 is 0 Å². The van der Waals surface area contributed by atoms with Crippen molar-refractivity contribution in [1.29, 1.82) is 10.8 Å². The van der Waals surface area contributed by atoms with E-state index in [2.05, 4.69) is 5.32 Å². The summed E-state index contributed by atoms with van der Waals surface area (Å²) in [5, 5.41) is 17.9. The number of amidine groups is 1. The molecular formula is C7H14N4. The molecular weight excluding hydrogens is 140 g/mol. The second kappa shape index (κ2) is 2.62. The normalized spacial score (nSPS) is 23.5. The lowest BCUT2D eigenvalue weighted by molar-refractivity contribution is 0.387. The quantitative estimate of drug-likeness (QED) is 0.374. The van der Waals surface area contributed by atoms with Crippen LogP contribution in [0.4, 0.5) is 0 Å². The summed E-state index contributed by atoms with van der Waals surface area (Å²) in [4.78, 5) is 1.65. The molecule has 0 aromatic rings. The number of nitrogens with zero attached hydrogens (tertiary/aromatic N) is 1. The van der Waals surface area contributed by atoms with Crippen LogP contribution in [0.5, 0.6) is 0 Å². The summed E-state index contributed by atoms with van der Waals surface area (Å²) >= 11 is 0. The summed E-state index contributed by atoms with van der Waals surface area (Å²) in [6.45, 7) is 5.46. The van der Waals surface area contributed by atoms with Crippen LogP contribution in [0.2, 0.25) is 0 Å². The first kappa shape index (κ1) is 8.20. The highest BCUT2D eigenvalue weighted by Gasteiger charge is 2.30. The van der Waals surface area contributed by atoms with E-state index in [1.165, 1.54) is 6.34 Å². The van der Waals surface area contributed by atoms with Crippen molar-refractivity contribution in [1.82, 2.24) is 10.2 Å². The summed E-state index contributed by atoms with van der Waals surface area (Å²) in [6, 6.07) is 0. The standard InChI is InChI=1S/C7H14N4/c1-7(2)6(9)11(5-8)4-3-10-7/h5,8-10H,3-4H2,1-2H3. The first-order chi connectivity index (χ1) is 5.08. The molecule has 3 N–H and O–H groups in total. The minimum Gasteiger partial charge on any atom is -0.319 e. The summed E-state index contributed by atoms with van der Waals surface area (Å²) in [6.07, 6.45) is 1.21. The van der Waals surface area contributed by atoms with Gasteiger partial charge in [0, 0.05) is 13.1 Å². The fourth-order valence-corrected chi connectivity index (χ4v) is 1.17. The number of rotatable bonds is 1. The van der Waals surface area contributed by atoms with Gasteiger partial charge in [-0.2, -0.15) is 0 Å². The molecule has 0 unspecified atom stereocenters. The van der Waals surface area contributed by atoms with Gasteiger partial charge < -0.3 is 10.2 Å². The van der Waals surface area contributed by atoms with E-state index in [9.17, 15) is 0 Å². The Labute approximate surface area is 66.6 Å². The van der Waals surface area contributed by atoms with E-state index >= 15 is 0 Å². The van der Waals surface area contributed by atoms with Crippen LogP contribution in [0, 0.1) is 10.8 Å². The monoisotopic (exact) mass is 154 g/mol. The smallest absolute Gasteiger partial charge is 0.121 e. The molecule has 1 aliphatic rings. The van der Waals surface area contributed by atoms with Crippen LogP contribution in [0.1, 0.15) is 13.8 Å². The maximum absolute atomic E-state index is 7.66. The summed E-state index contributed by atoms with van der Waals surface area (Å²) in [7, 11) is 0. The maximum Gasteiger partial charge on any atom is 0.121 e. The third-order valence-corrected chi connectivity index (χ3v) is 1.95. The van der Waals surface area contributed by atoms with E-state index in [4.69, 9.17) is 10.8 Å². The predicted octanol–water partition coefficient (Wildman–Crippen LogP) is 0.255. The Morgan fingerprint density at radius 1 is 1.64 bits per heavy atom. The van der Waals surface area contributed by atoms with Gasteiger partial charge in [-0.25, -0.2) is 0 Å². The largest absolute Gasteiger partial charge is 0.319 e. The second-order valence-electron chi connectivity index (χ2n) is 3.22. The van der Waals surface area contributed by atoms with Crippen LogP contribution in [-0.2, 0) is 0 Å². The van der Waals surface area contributed by atoms with Gasteiger partial charge in [-0.3, -0.25) is 10.8 Å². The van der Waals surface area contributed by atoms with Crippen molar-refractivity contribution in [2.75, 3.05) is 13.1 Å². The topological polar surface area (TPSA) is 63.0 Å². The second-order valence-corrected chi connectivity index (χ2v) is 3.22. The third-order valence-electron chi connectivity index (χ3n) is 1.95. The lowest BCUT2D eigenvalue weighted by atomic mass is 10.0. The Bertz CT molecular complexity index is 185. The van der Waals surface area contributed by atoms with Crippen LogP contribution < -0.4 is 5.32 Å². The minimum absolute atomic E-state index is 0.282. The molecule has 62 valence electrons. The highest BCUT2D eigenvalue weighted by molar-refractivity contribution is 5.96. The summed E-state index contributed by atoms with van der Waals surface area (Å²) < 4.78 is 0. The van der Waals surface area contributed by atoms with Crippen LogP contribution in [0.3, 0.4) is 0 Å². The molecule has 0 aliphatic carbocycles. The molecule has 0 radical (unpaired) electrons. The first-order valence-corrected chi connectivity index (χ1v) is 3.69. The van der Waals surface area contributed by atoms with Crippen molar-refractivity contribution in [2.45, 2.75) is 19.4 Å². The fraction of sp³-hybridized carbons (Fsp3) is 0.714. The van der Waals surface area contributed by atoms with Gasteiger partial charge in [-0.15, -0.1) is 0 Å². The summed E-state index contributed by atoms with van der Waals surface area (Å²) in [5.41, 5.74) is -0.282. The van der Waals surface area contributed by atoms with Crippen molar-refractivity contribution in [2.24, 2.45) is 0 Å². The average Bonchev–Trinajstić information content (AvgIpc) is 1.95. The van der Waals surface area contributed by atoms with Gasteiger partial charge in [0.05, 0.1) is 11.9 Å². The maximum atomic E-state index is 7.66. The van der Waals surface area contributed by atoms with Gasteiger partial charge in [-0.1, -0.05) is 0 Å². The molecule has 0 aromatic heterocycles. The Balaban J connectivity index is 2.75. The molecule has 0 aromatic carbocycles. The number of hydrogen-bond donors (Lipinski definition) is 3. The average molecular weight is 154 g/mol. The Morgan fingerprint density at radius 3 is 2.73 bits per heavy atom. The molecule has 1 aliphatic heterocycles. The lowest BCUT2D eigenvalue weighted by Gasteiger charge is -2.38. The third kappa shape index (κ3) is 1.40. The van der Waals surface area contributed by atoms with Gasteiger partial charge >= 0.3 is 0 Å². The Hall–Kier alpha value is -0.900. The number of hydrogen-bond acceptors (Lipinski definition) is 3. The van der Waals surface area contributed by atoms with Crippen molar-refractivity contribution in [3.63, 3.8) is 0 Å². The zero-order valence-electron chi connectivity index (χ0n) is 6.94. The molecule has 1 fully saturated rings. The molecule has 1 saturated heterocycles. The van der Waals surface area contributed by atoms with Gasteiger partial charge in [0.1, 0.15) is 5.84 Å². The molecule has 1 rings (SSSR count). The first-order valence-electron chi connectivity index (χ1n) is 3.69. The number of nitrogens with one attached hydrogen (secondary N) is 3. The Kier molecular flexibility index (Phi) is 1.95. The molecule has 4 nitrogen and oxygen atoms in total. The molecule has 1 heterocycles. The fourth-order valence-electron chi connectivity index (χ4n) is 1.17. The molecule has 0 spiro atoms. The Morgan fingerprint density at radius 2 is 2.27 bits per heavy atom. The summed E-state index contributed by atoms with van der Waals surface area (Å²) in [5.74, 6) is 0.471. The van der Waals surface area contributed by atoms with E-state index in [1.807, 2.05) is 13.8 Å². The van der Waals surface area contributed by atoms with Crippen molar-refractivity contribution >= 4 is 12.2 Å². The van der Waals surface area contributed by atoms with E-state index in [1.54, 1.807) is 4.90 Å². The van der Waals surface area contributed by atoms with Crippen LogP contribution >= 0.6 is 0 Å². The van der Waals surface area contributed by atoms with E-state index in [0.717, 1.165) is 13.1 Å². The van der Waals surface area contributed by atoms with Gasteiger partial charge in [0.2, 0.25) is 0 Å². The van der Waals surface area contributed by atoms with Crippen molar-refractivity contribution in [3.8, 4) is 0 Å². The highest BCUT2D eigenvalue weighted by Crippen LogP contribution is 2.10. The molecule has 0 amide bonds. The number of piperazine rings is 1. The molecule has 11 heavy (non-hydrogen) atoms. The van der Waals surface area contributed by atoms with Crippen LogP contribution in [-0.4, -0.2) is 35.7 Å². The van der Waals surface area contributed by atoms with Crippen molar-refractivity contribution in [3.05, 3.63) is 0 Å². The van der Waals surface area contributed by atoms with E-state index in [0.29, 0.717) is 5.84 Å². The zero-order valence-corrected chi connectivity index (χ0v) is 6.94. The lowest BCUT2D eigenvalue weighted by Crippen LogP contribution is -2.60.